The Bertz CT molecular complexity index is 2040. The predicted octanol–water partition coefficient (Wildman–Crippen LogP) is 8.84. The Morgan fingerprint density at radius 1 is 0.814 bits per heavy atom. The second-order valence-corrected chi connectivity index (χ2v) is 11.5. The molecule has 43 heavy (non-hydrogen) atoms. The van der Waals surface area contributed by atoms with Crippen molar-refractivity contribution in [1.29, 1.82) is 0 Å². The first-order valence-corrected chi connectivity index (χ1v) is 15.0. The SMILES string of the molecule is O=c1c2c(oc3ccc(Cl)cc13)C1=CCC=CC1C(CCCCOc1c(-c3ccccc3)oc3ccc(Cl)cc3c1=O)O2. The molecular formula is C35H26Cl2O6. The molecular weight excluding hydrogens is 587 g/mol. The van der Waals surface area contributed by atoms with Crippen molar-refractivity contribution in [2.45, 2.75) is 31.8 Å². The molecule has 2 aliphatic rings. The highest BCUT2D eigenvalue weighted by molar-refractivity contribution is 6.31. The maximum absolute atomic E-state index is 13.5. The minimum atomic E-state index is -0.268. The van der Waals surface area contributed by atoms with Crippen molar-refractivity contribution in [2.24, 2.45) is 5.92 Å². The lowest BCUT2D eigenvalue weighted by atomic mass is 9.82. The molecule has 2 unspecified atom stereocenters. The van der Waals surface area contributed by atoms with Crippen molar-refractivity contribution in [3.05, 3.63) is 121 Å². The van der Waals surface area contributed by atoms with Gasteiger partial charge in [0.05, 0.1) is 17.4 Å². The third-order valence-electron chi connectivity index (χ3n) is 7.90. The molecule has 0 fully saturated rings. The van der Waals surface area contributed by atoms with E-state index in [1.165, 1.54) is 0 Å². The minimum Gasteiger partial charge on any atom is -0.486 e. The Morgan fingerprint density at radius 2 is 1.51 bits per heavy atom. The summed E-state index contributed by atoms with van der Waals surface area (Å²) in [7, 11) is 0. The monoisotopic (exact) mass is 612 g/mol. The summed E-state index contributed by atoms with van der Waals surface area (Å²) >= 11 is 12.3. The highest BCUT2D eigenvalue weighted by Gasteiger charge is 2.37. The Balaban J connectivity index is 1.10. The summed E-state index contributed by atoms with van der Waals surface area (Å²) in [6.45, 7) is 0.300. The predicted molar refractivity (Wildman–Crippen MR) is 169 cm³/mol. The van der Waals surface area contributed by atoms with Crippen molar-refractivity contribution in [1.82, 2.24) is 0 Å². The van der Waals surface area contributed by atoms with Gasteiger partial charge in [-0.05, 0) is 62.1 Å². The molecule has 0 N–H and O–H groups in total. The first-order valence-electron chi connectivity index (χ1n) is 14.2. The van der Waals surface area contributed by atoms with Crippen molar-refractivity contribution >= 4 is 50.7 Å². The summed E-state index contributed by atoms with van der Waals surface area (Å²) in [5.74, 6) is 1.23. The van der Waals surface area contributed by atoms with Gasteiger partial charge in [0.1, 0.15) is 17.3 Å². The first-order chi connectivity index (χ1) is 21.0. The van der Waals surface area contributed by atoms with Gasteiger partial charge in [0.2, 0.25) is 22.4 Å². The molecule has 7 rings (SSSR count). The van der Waals surface area contributed by atoms with Gasteiger partial charge in [-0.25, -0.2) is 0 Å². The maximum atomic E-state index is 13.5. The van der Waals surface area contributed by atoms with E-state index in [0.717, 1.165) is 24.0 Å². The van der Waals surface area contributed by atoms with Crippen LogP contribution < -0.4 is 20.3 Å². The molecule has 0 saturated carbocycles. The average Bonchev–Trinajstić information content (AvgIpc) is 3.03. The molecule has 1 aliphatic heterocycles. The molecule has 0 bridgehead atoms. The van der Waals surface area contributed by atoms with E-state index in [9.17, 15) is 9.59 Å². The van der Waals surface area contributed by atoms with Gasteiger partial charge < -0.3 is 18.3 Å². The van der Waals surface area contributed by atoms with Crippen molar-refractivity contribution < 1.29 is 18.3 Å². The summed E-state index contributed by atoms with van der Waals surface area (Å²) in [5, 5.41) is 1.67. The summed E-state index contributed by atoms with van der Waals surface area (Å²) < 4.78 is 24.8. The first kappa shape index (κ1) is 27.6. The quantitative estimate of drug-likeness (QED) is 0.135. The van der Waals surface area contributed by atoms with Crippen LogP contribution in [0.25, 0.3) is 38.8 Å². The molecule has 2 aromatic heterocycles. The second kappa shape index (κ2) is 11.4. The van der Waals surface area contributed by atoms with Gasteiger partial charge >= 0.3 is 0 Å². The lowest BCUT2D eigenvalue weighted by molar-refractivity contribution is 0.144. The Hall–Kier alpha value is -4.26. The van der Waals surface area contributed by atoms with Crippen LogP contribution in [0.3, 0.4) is 0 Å². The lowest BCUT2D eigenvalue weighted by Crippen LogP contribution is -2.34. The average molecular weight is 613 g/mol. The lowest BCUT2D eigenvalue weighted by Gasteiger charge is -2.34. The summed E-state index contributed by atoms with van der Waals surface area (Å²) in [5.41, 5.74) is 2.15. The third kappa shape index (κ3) is 5.15. The molecule has 3 aromatic carbocycles. The Kier molecular flexibility index (Phi) is 7.33. The summed E-state index contributed by atoms with van der Waals surface area (Å²) in [6, 6.07) is 19.4. The fourth-order valence-corrected chi connectivity index (χ4v) is 6.17. The summed E-state index contributed by atoms with van der Waals surface area (Å²) in [4.78, 5) is 26.9. The molecule has 0 saturated heterocycles. The number of fused-ring (bicyclic) bond motifs is 5. The van der Waals surface area contributed by atoms with Crippen LogP contribution in [0, 0.1) is 5.92 Å². The third-order valence-corrected chi connectivity index (χ3v) is 8.37. The largest absolute Gasteiger partial charge is 0.486 e. The van der Waals surface area contributed by atoms with Gasteiger partial charge in [-0.2, -0.15) is 0 Å². The topological polar surface area (TPSA) is 78.9 Å². The van der Waals surface area contributed by atoms with Gasteiger partial charge in [-0.15, -0.1) is 0 Å². The summed E-state index contributed by atoms with van der Waals surface area (Å²) in [6.07, 6.45) is 8.93. The van der Waals surface area contributed by atoms with E-state index in [1.807, 2.05) is 30.3 Å². The van der Waals surface area contributed by atoms with Gasteiger partial charge in [-0.1, -0.05) is 71.8 Å². The number of ether oxygens (including phenoxy) is 2. The Morgan fingerprint density at radius 3 is 2.26 bits per heavy atom. The van der Waals surface area contributed by atoms with Crippen LogP contribution in [0.1, 0.15) is 31.4 Å². The zero-order valence-corrected chi connectivity index (χ0v) is 24.5. The number of rotatable bonds is 7. The van der Waals surface area contributed by atoms with Gasteiger partial charge in [0.15, 0.2) is 11.5 Å². The van der Waals surface area contributed by atoms with Crippen LogP contribution >= 0.6 is 23.2 Å². The van der Waals surface area contributed by atoms with Gasteiger partial charge in [0, 0.05) is 27.1 Å². The Labute approximate surface area is 256 Å². The van der Waals surface area contributed by atoms with E-state index < -0.39 is 0 Å². The molecule has 6 nitrogen and oxygen atoms in total. The minimum absolute atomic E-state index is 0.0305. The second-order valence-electron chi connectivity index (χ2n) is 10.7. The fraction of sp³-hybridized carbons (Fsp3) is 0.200. The molecule has 3 heterocycles. The van der Waals surface area contributed by atoms with Crippen molar-refractivity contribution in [2.75, 3.05) is 6.61 Å². The molecule has 0 spiro atoms. The van der Waals surface area contributed by atoms with Gasteiger partial charge in [0.25, 0.3) is 0 Å². The van der Waals surface area contributed by atoms with E-state index >= 15 is 0 Å². The molecule has 5 aromatic rings. The van der Waals surface area contributed by atoms with Crippen LogP contribution in [-0.4, -0.2) is 12.7 Å². The van der Waals surface area contributed by atoms with E-state index in [2.05, 4.69) is 18.2 Å². The number of benzene rings is 3. The molecule has 1 aliphatic carbocycles. The van der Waals surface area contributed by atoms with E-state index in [1.54, 1.807) is 36.4 Å². The van der Waals surface area contributed by atoms with Crippen LogP contribution in [0.15, 0.2) is 103 Å². The molecule has 8 heteroatoms. The molecule has 216 valence electrons. The molecule has 0 amide bonds. The highest BCUT2D eigenvalue weighted by atomic mass is 35.5. The van der Waals surface area contributed by atoms with Gasteiger partial charge in [-0.3, -0.25) is 9.59 Å². The standard InChI is InChI=1S/C35H26Cl2O6/c36-21-13-15-28-25(18-21)30(38)34(32(41-28)20-8-2-1-3-9-20)40-17-7-6-12-27-23-10-4-5-11-24(23)33-35(43-27)31(39)26-19-22(37)14-16-29(26)42-33/h1-4,8-11,13-16,18-19,23,27H,5-7,12,17H2. The number of allylic oxidation sites excluding steroid dienone is 2. The normalized spacial score (nSPS) is 17.3. The van der Waals surface area contributed by atoms with Crippen LogP contribution in [0.5, 0.6) is 11.5 Å². The van der Waals surface area contributed by atoms with E-state index in [0.29, 0.717) is 63.0 Å². The van der Waals surface area contributed by atoms with Crippen LogP contribution in [-0.2, 0) is 0 Å². The van der Waals surface area contributed by atoms with Crippen LogP contribution in [0.4, 0.5) is 0 Å². The van der Waals surface area contributed by atoms with Crippen LogP contribution in [0.2, 0.25) is 10.0 Å². The smallest absolute Gasteiger partial charge is 0.235 e. The number of hydrogen-bond acceptors (Lipinski definition) is 6. The van der Waals surface area contributed by atoms with Crippen molar-refractivity contribution in [3.63, 3.8) is 0 Å². The molecule has 0 radical (unpaired) electrons. The number of unbranched alkanes of at least 4 members (excludes halogenated alkanes) is 1. The van der Waals surface area contributed by atoms with E-state index in [4.69, 9.17) is 41.5 Å². The number of hydrogen-bond donors (Lipinski definition) is 0. The van der Waals surface area contributed by atoms with Crippen molar-refractivity contribution in [3.8, 4) is 22.8 Å². The van der Waals surface area contributed by atoms with E-state index in [-0.39, 0.29) is 34.4 Å². The zero-order valence-electron chi connectivity index (χ0n) is 23.0. The fourth-order valence-electron chi connectivity index (χ4n) is 5.82. The maximum Gasteiger partial charge on any atom is 0.235 e. The molecule has 2 atom stereocenters. The number of halogens is 2. The highest BCUT2D eigenvalue weighted by Crippen LogP contribution is 2.43. The zero-order chi connectivity index (χ0) is 29.5.